The first kappa shape index (κ1) is 11.4. The minimum absolute atomic E-state index is 0. The lowest BCUT2D eigenvalue weighted by Gasteiger charge is -2.00. The van der Waals surface area contributed by atoms with Crippen molar-refractivity contribution >= 4 is 12.4 Å². The second-order valence-electron chi connectivity index (χ2n) is 2.03. The van der Waals surface area contributed by atoms with E-state index in [-0.39, 0.29) is 12.4 Å². The van der Waals surface area contributed by atoms with E-state index in [1.165, 1.54) is 0 Å². The molecule has 12 heavy (non-hydrogen) atoms. The normalized spacial score (nSPS) is 9.42. The Hall–Kier alpha value is -0.650. The van der Waals surface area contributed by atoms with Gasteiger partial charge in [-0.25, -0.2) is 0 Å². The van der Waals surface area contributed by atoms with Crippen LogP contribution in [0.5, 0.6) is 0 Å². The van der Waals surface area contributed by atoms with Crippen LogP contribution in [0.15, 0.2) is 12.4 Å². The van der Waals surface area contributed by atoms with Gasteiger partial charge in [-0.15, -0.1) is 12.4 Å². The quantitative estimate of drug-likeness (QED) is 0.650. The second kappa shape index (κ2) is 7.02. The summed E-state index contributed by atoms with van der Waals surface area (Å²) in [4.78, 5) is 1.58. The number of rotatable bonds is 5. The van der Waals surface area contributed by atoms with Crippen LogP contribution in [0.25, 0.3) is 0 Å². The molecule has 1 aromatic rings. The van der Waals surface area contributed by atoms with Gasteiger partial charge in [0, 0.05) is 6.54 Å². The van der Waals surface area contributed by atoms with Gasteiger partial charge in [0.25, 0.3) is 0 Å². The topological polar surface area (TPSA) is 66.0 Å². The van der Waals surface area contributed by atoms with Crippen LogP contribution in [0.4, 0.5) is 0 Å². The van der Waals surface area contributed by atoms with Crippen LogP contribution in [0.3, 0.4) is 0 Å². The van der Waals surface area contributed by atoms with Crippen LogP contribution in [0, 0.1) is 0 Å². The third kappa shape index (κ3) is 4.27. The van der Waals surface area contributed by atoms with Crippen molar-refractivity contribution in [3.63, 3.8) is 0 Å². The van der Waals surface area contributed by atoms with E-state index >= 15 is 0 Å². The SMILES string of the molecule is Cl.NCCOCCn1nccn1. The molecule has 0 aliphatic rings. The van der Waals surface area contributed by atoms with Gasteiger partial charge >= 0.3 is 0 Å². The molecule has 6 heteroatoms. The zero-order valence-electron chi connectivity index (χ0n) is 6.72. The van der Waals surface area contributed by atoms with E-state index in [1.807, 2.05) is 0 Å². The highest BCUT2D eigenvalue weighted by Gasteiger charge is 1.90. The first-order chi connectivity index (χ1) is 5.43. The summed E-state index contributed by atoms with van der Waals surface area (Å²) in [6, 6.07) is 0. The van der Waals surface area contributed by atoms with Crippen molar-refractivity contribution in [1.29, 1.82) is 0 Å². The van der Waals surface area contributed by atoms with Crippen molar-refractivity contribution in [3.05, 3.63) is 12.4 Å². The Kier molecular flexibility index (Phi) is 6.64. The van der Waals surface area contributed by atoms with E-state index < -0.39 is 0 Å². The first-order valence-electron chi connectivity index (χ1n) is 3.55. The fourth-order valence-electron chi connectivity index (χ4n) is 0.690. The third-order valence-corrected chi connectivity index (χ3v) is 1.16. The Bertz CT molecular complexity index is 180. The number of aromatic nitrogens is 3. The molecule has 0 bridgehead atoms. The zero-order chi connectivity index (χ0) is 7.94. The van der Waals surface area contributed by atoms with Crippen molar-refractivity contribution in [3.8, 4) is 0 Å². The molecule has 1 aromatic heterocycles. The van der Waals surface area contributed by atoms with E-state index in [0.717, 1.165) is 0 Å². The molecule has 5 nitrogen and oxygen atoms in total. The molecule has 2 N–H and O–H groups in total. The fourth-order valence-corrected chi connectivity index (χ4v) is 0.690. The lowest BCUT2D eigenvalue weighted by atomic mass is 10.7. The Morgan fingerprint density at radius 3 is 2.50 bits per heavy atom. The van der Waals surface area contributed by atoms with Crippen molar-refractivity contribution in [2.24, 2.45) is 5.73 Å². The highest BCUT2D eigenvalue weighted by Crippen LogP contribution is 1.79. The molecule has 0 radical (unpaired) electrons. The molecule has 0 aliphatic heterocycles. The highest BCUT2D eigenvalue weighted by molar-refractivity contribution is 5.85. The van der Waals surface area contributed by atoms with Crippen LogP contribution in [0.1, 0.15) is 0 Å². The summed E-state index contributed by atoms with van der Waals surface area (Å²) in [6.07, 6.45) is 3.28. The van der Waals surface area contributed by atoms with Gasteiger partial charge in [-0.2, -0.15) is 15.0 Å². The Morgan fingerprint density at radius 1 is 1.25 bits per heavy atom. The summed E-state index contributed by atoms with van der Waals surface area (Å²) in [5.41, 5.74) is 5.22. The molecule has 1 rings (SSSR count). The molecule has 0 aliphatic carbocycles. The van der Waals surface area contributed by atoms with Gasteiger partial charge in [-0.1, -0.05) is 0 Å². The summed E-state index contributed by atoms with van der Waals surface area (Å²) < 4.78 is 5.13. The lowest BCUT2D eigenvalue weighted by Crippen LogP contribution is -2.13. The van der Waals surface area contributed by atoms with Gasteiger partial charge in [0.2, 0.25) is 0 Å². The Morgan fingerprint density at radius 2 is 1.92 bits per heavy atom. The summed E-state index contributed by atoms with van der Waals surface area (Å²) in [7, 11) is 0. The number of nitrogens with zero attached hydrogens (tertiary/aromatic N) is 3. The summed E-state index contributed by atoms with van der Waals surface area (Å²) in [6.45, 7) is 2.46. The van der Waals surface area contributed by atoms with E-state index in [4.69, 9.17) is 10.5 Å². The standard InChI is InChI=1S/C6H12N4O.ClH/c7-1-5-11-6-4-10-8-2-3-9-10;/h2-3H,1,4-7H2;1H. The molecule has 0 amide bonds. The molecule has 0 unspecified atom stereocenters. The molecule has 0 atom stereocenters. The van der Waals surface area contributed by atoms with E-state index in [2.05, 4.69) is 10.2 Å². The van der Waals surface area contributed by atoms with E-state index in [1.54, 1.807) is 17.2 Å². The minimum Gasteiger partial charge on any atom is -0.378 e. The Labute approximate surface area is 77.3 Å². The van der Waals surface area contributed by atoms with Crippen molar-refractivity contribution in [2.45, 2.75) is 6.54 Å². The van der Waals surface area contributed by atoms with Gasteiger partial charge in [0.05, 0.1) is 32.2 Å². The Balaban J connectivity index is 0.00000121. The minimum atomic E-state index is 0. The lowest BCUT2D eigenvalue weighted by molar-refractivity contribution is 0.127. The largest absolute Gasteiger partial charge is 0.378 e. The molecular formula is C6H13ClN4O. The zero-order valence-corrected chi connectivity index (χ0v) is 7.54. The summed E-state index contributed by atoms with van der Waals surface area (Å²) in [5, 5.41) is 7.82. The van der Waals surface area contributed by atoms with E-state index in [9.17, 15) is 0 Å². The smallest absolute Gasteiger partial charge is 0.0841 e. The molecule has 1 heterocycles. The molecule has 0 saturated heterocycles. The number of halogens is 1. The number of nitrogens with two attached hydrogens (primary N) is 1. The van der Waals surface area contributed by atoms with Crippen molar-refractivity contribution in [2.75, 3.05) is 19.8 Å². The van der Waals surface area contributed by atoms with Crippen LogP contribution >= 0.6 is 12.4 Å². The predicted octanol–water partition coefficient (Wildman–Crippen LogP) is -0.325. The van der Waals surface area contributed by atoms with Crippen LogP contribution in [0.2, 0.25) is 0 Å². The van der Waals surface area contributed by atoms with Gasteiger partial charge in [-0.3, -0.25) is 0 Å². The van der Waals surface area contributed by atoms with Crippen LogP contribution in [-0.2, 0) is 11.3 Å². The first-order valence-corrected chi connectivity index (χ1v) is 3.55. The number of hydrogen-bond acceptors (Lipinski definition) is 4. The van der Waals surface area contributed by atoms with Gasteiger partial charge in [0.15, 0.2) is 0 Å². The molecule has 0 spiro atoms. The maximum atomic E-state index is 5.22. The fraction of sp³-hybridized carbons (Fsp3) is 0.667. The maximum absolute atomic E-state index is 5.22. The average Bonchev–Trinajstić information content (AvgIpc) is 2.50. The molecule has 0 aromatic carbocycles. The van der Waals surface area contributed by atoms with Gasteiger partial charge in [0.1, 0.15) is 0 Å². The number of hydrogen-bond donors (Lipinski definition) is 1. The molecule has 70 valence electrons. The van der Waals surface area contributed by atoms with Gasteiger partial charge in [-0.05, 0) is 0 Å². The monoisotopic (exact) mass is 192 g/mol. The highest BCUT2D eigenvalue weighted by atomic mass is 35.5. The van der Waals surface area contributed by atoms with Crippen LogP contribution < -0.4 is 5.73 Å². The molecular weight excluding hydrogens is 180 g/mol. The van der Waals surface area contributed by atoms with E-state index in [0.29, 0.717) is 26.3 Å². The van der Waals surface area contributed by atoms with Crippen molar-refractivity contribution in [1.82, 2.24) is 15.0 Å². The van der Waals surface area contributed by atoms with Gasteiger partial charge < -0.3 is 10.5 Å². The maximum Gasteiger partial charge on any atom is 0.0841 e. The number of ether oxygens (including phenoxy) is 1. The second-order valence-corrected chi connectivity index (χ2v) is 2.03. The summed E-state index contributed by atoms with van der Waals surface area (Å²) >= 11 is 0. The van der Waals surface area contributed by atoms with Crippen LogP contribution in [-0.4, -0.2) is 34.8 Å². The van der Waals surface area contributed by atoms with Crippen molar-refractivity contribution < 1.29 is 4.74 Å². The molecule has 0 saturated carbocycles. The predicted molar refractivity (Wildman–Crippen MR) is 47.1 cm³/mol. The molecule has 0 fully saturated rings. The summed E-state index contributed by atoms with van der Waals surface area (Å²) in [5.74, 6) is 0. The third-order valence-electron chi connectivity index (χ3n) is 1.16. The average molecular weight is 193 g/mol.